The van der Waals surface area contributed by atoms with Crippen LogP contribution < -0.4 is 4.74 Å². The Morgan fingerprint density at radius 3 is 2.56 bits per heavy atom. The van der Waals surface area contributed by atoms with Crippen LogP contribution in [0.3, 0.4) is 0 Å². The largest absolute Gasteiger partial charge is 0.496 e. The topological polar surface area (TPSA) is 60.8 Å². The number of carbonyl (C=O) groups is 2. The number of hydrogen-bond donors (Lipinski definition) is 0. The van der Waals surface area contributed by atoms with E-state index in [9.17, 15) is 9.59 Å². The van der Waals surface area contributed by atoms with Gasteiger partial charge in [-0.2, -0.15) is 0 Å². The predicted octanol–water partition coefficient (Wildman–Crippen LogP) is 3.55. The van der Waals surface area contributed by atoms with Crippen LogP contribution >= 0.6 is 11.6 Å². The van der Waals surface area contributed by atoms with Crippen molar-refractivity contribution in [1.29, 1.82) is 0 Å². The maximum atomic E-state index is 13.2. The van der Waals surface area contributed by atoms with E-state index in [0.29, 0.717) is 34.5 Å². The molecule has 0 radical (unpaired) electrons. The molecule has 27 heavy (non-hydrogen) atoms. The molecule has 6 nitrogen and oxygen atoms in total. The van der Waals surface area contributed by atoms with Crippen molar-refractivity contribution in [3.63, 3.8) is 0 Å². The molecule has 1 amide bonds. The number of esters is 1. The zero-order valence-corrected chi connectivity index (χ0v) is 16.2. The van der Waals surface area contributed by atoms with E-state index in [0.717, 1.165) is 12.8 Å². The lowest BCUT2D eigenvalue weighted by Gasteiger charge is -2.23. The Morgan fingerprint density at radius 2 is 1.96 bits per heavy atom. The molecule has 1 aliphatic carbocycles. The fourth-order valence-corrected chi connectivity index (χ4v) is 3.20. The summed E-state index contributed by atoms with van der Waals surface area (Å²) in [6, 6.07) is 7.11. The molecule has 2 aromatic rings. The molecule has 0 atom stereocenters. The summed E-state index contributed by atoms with van der Waals surface area (Å²) < 4.78 is 12.3. The zero-order valence-electron chi connectivity index (χ0n) is 15.5. The number of halogens is 1. The van der Waals surface area contributed by atoms with Crippen molar-refractivity contribution in [3.8, 4) is 11.4 Å². The van der Waals surface area contributed by atoms with Gasteiger partial charge >= 0.3 is 5.97 Å². The first kappa shape index (κ1) is 19.3. The van der Waals surface area contributed by atoms with Crippen molar-refractivity contribution in [2.45, 2.75) is 19.8 Å². The molecule has 0 N–H and O–H groups in total. The van der Waals surface area contributed by atoms with Crippen LogP contribution in [0.15, 0.2) is 36.7 Å². The highest BCUT2D eigenvalue weighted by Crippen LogP contribution is 2.33. The second-order valence-electron chi connectivity index (χ2n) is 6.53. The standard InChI is InChI=1S/C20H23ClN2O4/c1-3-27-19(24)13-23(12-14-6-7-14)20(25)15-10-16(21)17(11-18(15)26-2)22-8-4-5-9-22/h4-5,8-11,14H,3,6-7,12-13H2,1-2H3. The maximum absolute atomic E-state index is 13.2. The normalized spacial score (nSPS) is 13.3. The van der Waals surface area contributed by atoms with Gasteiger partial charge in [0.1, 0.15) is 12.3 Å². The highest BCUT2D eigenvalue weighted by molar-refractivity contribution is 6.33. The van der Waals surface area contributed by atoms with Gasteiger partial charge in [0.2, 0.25) is 0 Å². The van der Waals surface area contributed by atoms with E-state index in [2.05, 4.69) is 0 Å². The van der Waals surface area contributed by atoms with Crippen LogP contribution in [0.1, 0.15) is 30.1 Å². The summed E-state index contributed by atoms with van der Waals surface area (Å²) in [5, 5.41) is 0.429. The Balaban J connectivity index is 1.90. The van der Waals surface area contributed by atoms with E-state index >= 15 is 0 Å². The Kier molecular flexibility index (Phi) is 6.06. The Labute approximate surface area is 163 Å². The highest BCUT2D eigenvalue weighted by Gasteiger charge is 2.30. The summed E-state index contributed by atoms with van der Waals surface area (Å²) in [6.07, 6.45) is 5.86. The minimum atomic E-state index is -0.416. The van der Waals surface area contributed by atoms with Crippen molar-refractivity contribution in [2.24, 2.45) is 5.92 Å². The molecule has 1 heterocycles. The summed E-state index contributed by atoms with van der Waals surface area (Å²) in [5.74, 6) is 0.148. The lowest BCUT2D eigenvalue weighted by molar-refractivity contribution is -0.143. The van der Waals surface area contributed by atoms with E-state index in [4.69, 9.17) is 21.1 Å². The van der Waals surface area contributed by atoms with Gasteiger partial charge in [0.15, 0.2) is 0 Å². The molecular formula is C20H23ClN2O4. The van der Waals surface area contributed by atoms with Crippen molar-refractivity contribution < 1.29 is 19.1 Å². The van der Waals surface area contributed by atoms with Crippen LogP contribution in [0.5, 0.6) is 5.75 Å². The van der Waals surface area contributed by atoms with Crippen LogP contribution in [0.4, 0.5) is 0 Å². The summed E-state index contributed by atoms with van der Waals surface area (Å²) >= 11 is 6.43. The van der Waals surface area contributed by atoms with Crippen LogP contribution in [-0.2, 0) is 9.53 Å². The van der Waals surface area contributed by atoms with Gasteiger partial charge in [-0.15, -0.1) is 0 Å². The molecular weight excluding hydrogens is 368 g/mol. The lowest BCUT2D eigenvalue weighted by atomic mass is 10.1. The van der Waals surface area contributed by atoms with E-state index in [-0.39, 0.29) is 19.1 Å². The Morgan fingerprint density at radius 1 is 1.26 bits per heavy atom. The first-order chi connectivity index (χ1) is 13.0. The average Bonchev–Trinajstić information content (AvgIpc) is 3.30. The number of rotatable bonds is 8. The molecule has 1 aliphatic rings. The lowest BCUT2D eigenvalue weighted by Crippen LogP contribution is -2.38. The molecule has 144 valence electrons. The molecule has 1 fully saturated rings. The Hall–Kier alpha value is -2.47. The molecule has 0 unspecified atom stereocenters. The second kappa shape index (κ2) is 8.48. The number of methoxy groups -OCH3 is 1. The molecule has 1 saturated carbocycles. The summed E-state index contributed by atoms with van der Waals surface area (Å²) in [7, 11) is 1.51. The average molecular weight is 391 g/mol. The minimum Gasteiger partial charge on any atom is -0.496 e. The van der Waals surface area contributed by atoms with E-state index in [1.165, 1.54) is 12.0 Å². The molecule has 0 aliphatic heterocycles. The van der Waals surface area contributed by atoms with Crippen molar-refractivity contribution >= 4 is 23.5 Å². The number of ether oxygens (including phenoxy) is 2. The first-order valence-electron chi connectivity index (χ1n) is 8.99. The predicted molar refractivity (Wildman–Crippen MR) is 103 cm³/mol. The van der Waals surface area contributed by atoms with Gasteiger partial charge in [0, 0.05) is 25.0 Å². The number of aromatic nitrogens is 1. The number of benzene rings is 1. The fourth-order valence-electron chi connectivity index (χ4n) is 2.94. The van der Waals surface area contributed by atoms with E-state index < -0.39 is 5.97 Å². The fraction of sp³-hybridized carbons (Fsp3) is 0.400. The summed E-state index contributed by atoms with van der Waals surface area (Å²) in [4.78, 5) is 26.6. The third-order valence-electron chi connectivity index (χ3n) is 4.47. The number of carbonyl (C=O) groups excluding carboxylic acids is 2. The highest BCUT2D eigenvalue weighted by atomic mass is 35.5. The molecule has 0 spiro atoms. The molecule has 1 aromatic carbocycles. The van der Waals surface area contributed by atoms with Gasteiger partial charge in [-0.3, -0.25) is 9.59 Å². The number of amides is 1. The van der Waals surface area contributed by atoms with Gasteiger partial charge in [-0.05, 0) is 43.9 Å². The minimum absolute atomic E-state index is 0.0801. The van der Waals surface area contributed by atoms with Gasteiger partial charge in [0.25, 0.3) is 5.91 Å². The second-order valence-corrected chi connectivity index (χ2v) is 6.94. The van der Waals surface area contributed by atoms with Crippen molar-refractivity contribution in [3.05, 3.63) is 47.2 Å². The Bertz CT molecular complexity index is 816. The van der Waals surface area contributed by atoms with Gasteiger partial charge < -0.3 is 18.9 Å². The van der Waals surface area contributed by atoms with Gasteiger partial charge in [-0.1, -0.05) is 11.6 Å². The zero-order chi connectivity index (χ0) is 19.4. The van der Waals surface area contributed by atoms with Crippen molar-refractivity contribution in [1.82, 2.24) is 9.47 Å². The summed E-state index contributed by atoms with van der Waals surface area (Å²) in [5.41, 5.74) is 1.05. The molecule has 7 heteroatoms. The molecule has 3 rings (SSSR count). The third-order valence-corrected chi connectivity index (χ3v) is 4.77. The van der Waals surface area contributed by atoms with Crippen LogP contribution in [0, 0.1) is 5.92 Å². The van der Waals surface area contributed by atoms with E-state index in [1.807, 2.05) is 29.1 Å². The van der Waals surface area contributed by atoms with Gasteiger partial charge in [0.05, 0.1) is 30.0 Å². The molecule has 1 aromatic heterocycles. The maximum Gasteiger partial charge on any atom is 0.325 e. The van der Waals surface area contributed by atoms with E-state index in [1.54, 1.807) is 19.1 Å². The van der Waals surface area contributed by atoms with Crippen LogP contribution in [0.2, 0.25) is 5.02 Å². The third kappa shape index (κ3) is 4.63. The van der Waals surface area contributed by atoms with Crippen molar-refractivity contribution in [2.75, 3.05) is 26.8 Å². The smallest absolute Gasteiger partial charge is 0.325 e. The number of nitrogens with zero attached hydrogens (tertiary/aromatic N) is 2. The van der Waals surface area contributed by atoms with Crippen LogP contribution in [-0.4, -0.2) is 48.1 Å². The monoisotopic (exact) mass is 390 g/mol. The molecule has 0 saturated heterocycles. The summed E-state index contributed by atoms with van der Waals surface area (Å²) in [6.45, 7) is 2.47. The quantitative estimate of drug-likeness (QED) is 0.647. The van der Waals surface area contributed by atoms with Gasteiger partial charge in [-0.25, -0.2) is 0 Å². The number of hydrogen-bond acceptors (Lipinski definition) is 4. The first-order valence-corrected chi connectivity index (χ1v) is 9.37. The molecule has 0 bridgehead atoms. The SMILES string of the molecule is CCOC(=O)CN(CC1CC1)C(=O)c1cc(Cl)c(-n2cccc2)cc1OC. The van der Waals surface area contributed by atoms with Crippen LogP contribution in [0.25, 0.3) is 5.69 Å².